The molecular formula is C17H19N3O2S. The molecule has 6 heteroatoms. The van der Waals surface area contributed by atoms with Crippen LogP contribution in [0.3, 0.4) is 0 Å². The third kappa shape index (κ3) is 5.03. The minimum Gasteiger partial charge on any atom is -0.352 e. The van der Waals surface area contributed by atoms with Gasteiger partial charge in [0.1, 0.15) is 4.64 Å². The fourth-order valence-corrected chi connectivity index (χ4v) is 2.25. The van der Waals surface area contributed by atoms with Crippen molar-refractivity contribution in [2.45, 2.75) is 20.3 Å². The van der Waals surface area contributed by atoms with E-state index in [1.54, 1.807) is 42.6 Å². The van der Waals surface area contributed by atoms with Crippen LogP contribution in [0, 0.1) is 10.6 Å². The van der Waals surface area contributed by atoms with E-state index in [0.717, 1.165) is 0 Å². The number of amides is 2. The molecule has 0 aliphatic rings. The molecule has 3 N–H and O–H groups in total. The summed E-state index contributed by atoms with van der Waals surface area (Å²) in [4.78, 5) is 26.7. The number of hydrogen-bond donors (Lipinski definition) is 3. The van der Waals surface area contributed by atoms with Crippen molar-refractivity contribution in [1.82, 2.24) is 4.98 Å². The van der Waals surface area contributed by atoms with Gasteiger partial charge in [-0.15, -0.1) is 0 Å². The molecule has 0 saturated heterocycles. The highest BCUT2D eigenvalue weighted by Crippen LogP contribution is 2.15. The molecule has 2 rings (SSSR count). The van der Waals surface area contributed by atoms with Gasteiger partial charge in [0.25, 0.3) is 5.91 Å². The van der Waals surface area contributed by atoms with Crippen molar-refractivity contribution in [2.24, 2.45) is 5.92 Å². The molecule has 0 fully saturated rings. The number of rotatable bonds is 5. The normalized spacial score (nSPS) is 10.4. The summed E-state index contributed by atoms with van der Waals surface area (Å²) in [6, 6.07) is 10.4. The number of carbonyl (C=O) groups is 2. The summed E-state index contributed by atoms with van der Waals surface area (Å²) in [5.41, 5.74) is 1.75. The Labute approximate surface area is 140 Å². The molecule has 1 aromatic carbocycles. The highest BCUT2D eigenvalue weighted by atomic mass is 32.1. The molecule has 1 aromatic heterocycles. The molecule has 2 aromatic rings. The molecule has 0 atom stereocenters. The van der Waals surface area contributed by atoms with Gasteiger partial charge in [-0.3, -0.25) is 9.59 Å². The summed E-state index contributed by atoms with van der Waals surface area (Å²) in [6.07, 6.45) is 2.15. The summed E-state index contributed by atoms with van der Waals surface area (Å²) in [5.74, 6) is 0.0135. The van der Waals surface area contributed by atoms with E-state index in [-0.39, 0.29) is 11.8 Å². The minimum absolute atomic E-state index is 0.0210. The van der Waals surface area contributed by atoms with Crippen LogP contribution in [0.15, 0.2) is 42.6 Å². The number of nitrogens with one attached hydrogen (secondary N) is 3. The second-order valence-corrected chi connectivity index (χ2v) is 6.00. The quantitative estimate of drug-likeness (QED) is 0.726. The van der Waals surface area contributed by atoms with E-state index >= 15 is 0 Å². The Morgan fingerprint density at radius 2 is 1.70 bits per heavy atom. The van der Waals surface area contributed by atoms with Crippen LogP contribution in [0.5, 0.6) is 0 Å². The van der Waals surface area contributed by atoms with E-state index in [9.17, 15) is 9.59 Å². The lowest BCUT2D eigenvalue weighted by atomic mass is 10.1. The van der Waals surface area contributed by atoms with Crippen LogP contribution in [0.4, 0.5) is 11.4 Å². The largest absolute Gasteiger partial charge is 0.352 e. The third-order valence-corrected chi connectivity index (χ3v) is 3.42. The van der Waals surface area contributed by atoms with E-state index in [2.05, 4.69) is 15.6 Å². The number of pyridine rings is 1. The van der Waals surface area contributed by atoms with Crippen LogP contribution < -0.4 is 10.6 Å². The molecule has 0 spiro atoms. The summed E-state index contributed by atoms with van der Waals surface area (Å²) in [5, 5.41) is 5.59. The number of H-pyrrole nitrogens is 1. The summed E-state index contributed by atoms with van der Waals surface area (Å²) in [7, 11) is 0. The maximum atomic E-state index is 12.2. The molecular weight excluding hydrogens is 310 g/mol. The fourth-order valence-electron chi connectivity index (χ4n) is 2.02. The topological polar surface area (TPSA) is 74.0 Å². The number of benzene rings is 1. The van der Waals surface area contributed by atoms with Gasteiger partial charge in [-0.25, -0.2) is 0 Å². The SMILES string of the molecule is CC(C)CC(=O)Nc1ccc(NC(=O)c2ccc[nH]c2=S)cc1. The van der Waals surface area contributed by atoms with E-state index in [0.29, 0.717) is 33.9 Å². The van der Waals surface area contributed by atoms with E-state index in [1.807, 2.05) is 13.8 Å². The zero-order valence-corrected chi connectivity index (χ0v) is 13.9. The summed E-state index contributed by atoms with van der Waals surface area (Å²) in [6.45, 7) is 3.99. The van der Waals surface area contributed by atoms with Crippen molar-refractivity contribution in [3.05, 3.63) is 52.8 Å². The Kier molecular flexibility index (Phi) is 5.65. The second kappa shape index (κ2) is 7.69. The molecule has 23 heavy (non-hydrogen) atoms. The molecule has 120 valence electrons. The first-order chi connectivity index (χ1) is 11.0. The number of aromatic nitrogens is 1. The van der Waals surface area contributed by atoms with Gasteiger partial charge in [-0.1, -0.05) is 26.1 Å². The van der Waals surface area contributed by atoms with Gasteiger partial charge < -0.3 is 15.6 Å². The average molecular weight is 329 g/mol. The molecule has 1 heterocycles. The van der Waals surface area contributed by atoms with Crippen molar-refractivity contribution in [3.8, 4) is 0 Å². The highest BCUT2D eigenvalue weighted by Gasteiger charge is 2.08. The van der Waals surface area contributed by atoms with E-state index < -0.39 is 0 Å². The van der Waals surface area contributed by atoms with Gasteiger partial charge in [0.15, 0.2) is 0 Å². The summed E-state index contributed by atoms with van der Waals surface area (Å²) >= 11 is 5.08. The minimum atomic E-state index is -0.275. The Bertz CT molecular complexity index is 751. The van der Waals surface area contributed by atoms with Crippen LogP contribution in [-0.4, -0.2) is 16.8 Å². The van der Waals surface area contributed by atoms with Crippen molar-refractivity contribution in [1.29, 1.82) is 0 Å². The first-order valence-corrected chi connectivity index (χ1v) is 7.75. The van der Waals surface area contributed by atoms with Crippen LogP contribution in [-0.2, 0) is 4.79 Å². The molecule has 5 nitrogen and oxygen atoms in total. The van der Waals surface area contributed by atoms with Crippen LogP contribution in [0.2, 0.25) is 0 Å². The molecule has 0 saturated carbocycles. The molecule has 0 unspecified atom stereocenters. The van der Waals surface area contributed by atoms with Crippen LogP contribution in [0.25, 0.3) is 0 Å². The zero-order chi connectivity index (χ0) is 16.8. The van der Waals surface area contributed by atoms with E-state index in [1.165, 1.54) is 0 Å². The average Bonchev–Trinajstić information content (AvgIpc) is 2.48. The maximum absolute atomic E-state index is 12.2. The predicted molar refractivity (Wildman–Crippen MR) is 94.1 cm³/mol. The first kappa shape index (κ1) is 16.9. The Morgan fingerprint density at radius 3 is 2.26 bits per heavy atom. The number of anilines is 2. The smallest absolute Gasteiger partial charge is 0.258 e. The Balaban J connectivity index is 2.00. The van der Waals surface area contributed by atoms with Crippen molar-refractivity contribution >= 4 is 35.4 Å². The number of hydrogen-bond acceptors (Lipinski definition) is 3. The lowest BCUT2D eigenvalue weighted by molar-refractivity contribution is -0.116. The maximum Gasteiger partial charge on any atom is 0.258 e. The van der Waals surface area contributed by atoms with Gasteiger partial charge >= 0.3 is 0 Å². The van der Waals surface area contributed by atoms with Crippen LogP contribution in [0.1, 0.15) is 30.6 Å². The van der Waals surface area contributed by atoms with Crippen molar-refractivity contribution in [3.63, 3.8) is 0 Å². The van der Waals surface area contributed by atoms with Crippen molar-refractivity contribution < 1.29 is 9.59 Å². The molecule has 0 aliphatic heterocycles. The lowest BCUT2D eigenvalue weighted by Crippen LogP contribution is -2.14. The molecule has 0 aliphatic carbocycles. The standard InChI is InChI=1S/C17H19N3O2S/c1-11(2)10-15(21)19-12-5-7-13(8-6-12)20-16(22)14-4-3-9-18-17(14)23/h3-9,11H,10H2,1-2H3,(H,18,23)(H,19,21)(H,20,22). The highest BCUT2D eigenvalue weighted by molar-refractivity contribution is 7.71. The monoisotopic (exact) mass is 329 g/mol. The van der Waals surface area contributed by atoms with Gasteiger partial charge in [0.2, 0.25) is 5.91 Å². The van der Waals surface area contributed by atoms with Gasteiger partial charge in [-0.05, 0) is 42.3 Å². The number of aromatic amines is 1. The number of carbonyl (C=O) groups excluding carboxylic acids is 2. The molecule has 2 amide bonds. The fraction of sp³-hybridized carbons (Fsp3) is 0.235. The van der Waals surface area contributed by atoms with E-state index in [4.69, 9.17) is 12.2 Å². The second-order valence-electron chi connectivity index (χ2n) is 5.59. The van der Waals surface area contributed by atoms with Crippen LogP contribution >= 0.6 is 12.2 Å². The lowest BCUT2D eigenvalue weighted by Gasteiger charge is -2.09. The molecule has 0 radical (unpaired) electrons. The van der Waals surface area contributed by atoms with Gasteiger partial charge in [0.05, 0.1) is 5.56 Å². The first-order valence-electron chi connectivity index (χ1n) is 7.34. The summed E-state index contributed by atoms with van der Waals surface area (Å²) < 4.78 is 0.391. The Hall–Kier alpha value is -2.47. The molecule has 0 bridgehead atoms. The van der Waals surface area contributed by atoms with Crippen molar-refractivity contribution in [2.75, 3.05) is 10.6 Å². The van der Waals surface area contributed by atoms with Gasteiger partial charge in [0, 0.05) is 24.0 Å². The predicted octanol–water partition coefficient (Wildman–Crippen LogP) is 3.98. The van der Waals surface area contributed by atoms with Gasteiger partial charge in [-0.2, -0.15) is 0 Å². The zero-order valence-electron chi connectivity index (χ0n) is 13.1. The third-order valence-electron chi connectivity index (χ3n) is 3.08. The Morgan fingerprint density at radius 1 is 1.09 bits per heavy atom.